The molecule has 0 aliphatic carbocycles. The molecule has 0 rings (SSSR count). The van der Waals surface area contributed by atoms with E-state index in [0.29, 0.717) is 6.42 Å². The Morgan fingerprint density at radius 1 is 1.21 bits per heavy atom. The van der Waals surface area contributed by atoms with Crippen LogP contribution in [0.3, 0.4) is 0 Å². The van der Waals surface area contributed by atoms with E-state index in [0.717, 1.165) is 4.48 Å². The molecule has 0 saturated carbocycles. The Balaban J connectivity index is 5.31. The number of carbonyl (C=O) groups is 2. The molecular formula is C14H21BrO4. The van der Waals surface area contributed by atoms with Crippen molar-refractivity contribution in [2.24, 2.45) is 5.41 Å². The van der Waals surface area contributed by atoms with Crippen molar-refractivity contribution in [1.82, 2.24) is 0 Å². The van der Waals surface area contributed by atoms with Gasteiger partial charge in [0.1, 0.15) is 0 Å². The van der Waals surface area contributed by atoms with Crippen LogP contribution >= 0.6 is 15.9 Å². The molecule has 0 fully saturated rings. The van der Waals surface area contributed by atoms with Crippen molar-refractivity contribution in [2.75, 3.05) is 13.2 Å². The highest BCUT2D eigenvalue weighted by atomic mass is 79.9. The summed E-state index contributed by atoms with van der Waals surface area (Å²) in [7, 11) is 0. The lowest BCUT2D eigenvalue weighted by Crippen LogP contribution is -2.42. The maximum Gasteiger partial charge on any atom is 0.323 e. The topological polar surface area (TPSA) is 52.6 Å². The van der Waals surface area contributed by atoms with Gasteiger partial charge < -0.3 is 9.47 Å². The molecular weight excluding hydrogens is 312 g/mol. The third kappa shape index (κ3) is 5.19. The van der Waals surface area contributed by atoms with Crippen molar-refractivity contribution in [3.8, 4) is 0 Å². The van der Waals surface area contributed by atoms with E-state index < -0.39 is 17.4 Å². The van der Waals surface area contributed by atoms with Gasteiger partial charge in [-0.3, -0.25) is 9.59 Å². The minimum atomic E-state index is -1.33. The Kier molecular flexibility index (Phi) is 8.39. The Labute approximate surface area is 123 Å². The van der Waals surface area contributed by atoms with E-state index >= 15 is 0 Å². The second kappa shape index (κ2) is 8.91. The van der Waals surface area contributed by atoms with Gasteiger partial charge in [0.15, 0.2) is 5.41 Å². The number of ether oxygens (including phenoxy) is 2. The van der Waals surface area contributed by atoms with Gasteiger partial charge in [0.25, 0.3) is 0 Å². The molecule has 0 aliphatic heterocycles. The predicted molar refractivity (Wildman–Crippen MR) is 77.8 cm³/mol. The minimum Gasteiger partial charge on any atom is -0.465 e. The van der Waals surface area contributed by atoms with Gasteiger partial charge in [0.05, 0.1) is 13.2 Å². The van der Waals surface area contributed by atoms with Crippen molar-refractivity contribution >= 4 is 27.9 Å². The van der Waals surface area contributed by atoms with Crippen LogP contribution in [0.1, 0.15) is 33.1 Å². The summed E-state index contributed by atoms with van der Waals surface area (Å²) in [5.41, 5.74) is -1.33. The highest BCUT2D eigenvalue weighted by Crippen LogP contribution is 2.34. The molecule has 0 unspecified atom stereocenters. The van der Waals surface area contributed by atoms with Crippen molar-refractivity contribution in [1.29, 1.82) is 0 Å². The fourth-order valence-corrected chi connectivity index (χ4v) is 1.89. The number of hydrogen-bond donors (Lipinski definition) is 0. The lowest BCUT2D eigenvalue weighted by atomic mass is 9.80. The van der Waals surface area contributed by atoms with E-state index in [4.69, 9.17) is 9.47 Å². The average Bonchev–Trinajstić information content (AvgIpc) is 2.34. The third-order valence-electron chi connectivity index (χ3n) is 2.65. The smallest absolute Gasteiger partial charge is 0.323 e. The number of rotatable bonds is 9. The van der Waals surface area contributed by atoms with Gasteiger partial charge in [-0.2, -0.15) is 0 Å². The van der Waals surface area contributed by atoms with Gasteiger partial charge in [-0.05, 0) is 37.6 Å². The van der Waals surface area contributed by atoms with Crippen LogP contribution in [0.5, 0.6) is 0 Å². The van der Waals surface area contributed by atoms with E-state index in [1.807, 2.05) is 0 Å². The largest absolute Gasteiger partial charge is 0.465 e. The quantitative estimate of drug-likeness (QED) is 0.369. The van der Waals surface area contributed by atoms with E-state index in [1.165, 1.54) is 6.08 Å². The fraction of sp³-hybridized carbons (Fsp3) is 0.571. The first-order valence-corrected chi connectivity index (χ1v) is 7.02. The molecule has 0 heterocycles. The predicted octanol–water partition coefficient (Wildman–Crippen LogP) is 3.36. The minimum absolute atomic E-state index is 0.185. The molecule has 0 saturated heterocycles. The van der Waals surface area contributed by atoms with Gasteiger partial charge in [-0.25, -0.2) is 0 Å². The molecule has 19 heavy (non-hydrogen) atoms. The van der Waals surface area contributed by atoms with Gasteiger partial charge in [-0.15, -0.1) is 6.58 Å². The van der Waals surface area contributed by atoms with Crippen molar-refractivity contribution in [2.45, 2.75) is 33.1 Å². The lowest BCUT2D eigenvalue weighted by Gasteiger charge is -2.28. The van der Waals surface area contributed by atoms with Crippen molar-refractivity contribution in [3.05, 3.63) is 23.7 Å². The van der Waals surface area contributed by atoms with E-state index in [9.17, 15) is 9.59 Å². The standard InChI is InChI=1S/C14H21BrO4/c1-5-9-14(10-8-11(4)15,12(16)18-6-2)13(17)19-7-3/h5H,1,4,6-10H2,2-3H3. The second-order valence-electron chi connectivity index (χ2n) is 4.03. The summed E-state index contributed by atoms with van der Waals surface area (Å²) in [5, 5.41) is 0. The number of hydrogen-bond acceptors (Lipinski definition) is 4. The zero-order valence-corrected chi connectivity index (χ0v) is 13.1. The summed E-state index contributed by atoms with van der Waals surface area (Å²) < 4.78 is 10.8. The molecule has 0 bridgehead atoms. The monoisotopic (exact) mass is 332 g/mol. The van der Waals surface area contributed by atoms with Crippen molar-refractivity contribution < 1.29 is 19.1 Å². The molecule has 0 spiro atoms. The zero-order chi connectivity index (χ0) is 14.9. The average molecular weight is 333 g/mol. The fourth-order valence-electron chi connectivity index (χ4n) is 1.69. The Hall–Kier alpha value is -1.10. The van der Waals surface area contributed by atoms with E-state index in [-0.39, 0.29) is 26.1 Å². The SMILES string of the molecule is C=CCC(CCC(=C)Br)(C(=O)OCC)C(=O)OCC. The van der Waals surface area contributed by atoms with Gasteiger partial charge in [0.2, 0.25) is 0 Å². The van der Waals surface area contributed by atoms with Crippen LogP contribution < -0.4 is 0 Å². The molecule has 5 heteroatoms. The summed E-state index contributed by atoms with van der Waals surface area (Å²) in [6.07, 6.45) is 2.47. The number of carbonyl (C=O) groups excluding carboxylic acids is 2. The molecule has 0 amide bonds. The maximum atomic E-state index is 12.2. The van der Waals surface area contributed by atoms with Crippen LogP contribution in [0.25, 0.3) is 0 Å². The van der Waals surface area contributed by atoms with Crippen LogP contribution in [0, 0.1) is 5.41 Å². The first kappa shape index (κ1) is 17.9. The zero-order valence-electron chi connectivity index (χ0n) is 11.5. The second-order valence-corrected chi connectivity index (χ2v) is 5.15. The van der Waals surface area contributed by atoms with Crippen molar-refractivity contribution in [3.63, 3.8) is 0 Å². The number of allylic oxidation sites excluding steroid dienone is 2. The molecule has 0 N–H and O–H groups in total. The summed E-state index contributed by atoms with van der Waals surface area (Å²) in [4.78, 5) is 24.3. The van der Waals surface area contributed by atoms with Gasteiger partial charge in [-0.1, -0.05) is 28.6 Å². The van der Waals surface area contributed by atoms with E-state index in [2.05, 4.69) is 29.1 Å². The highest BCUT2D eigenvalue weighted by molar-refractivity contribution is 9.11. The molecule has 108 valence electrons. The molecule has 0 aliphatic rings. The van der Waals surface area contributed by atoms with E-state index in [1.54, 1.807) is 13.8 Å². The first-order chi connectivity index (χ1) is 8.94. The Morgan fingerprint density at radius 2 is 1.68 bits per heavy atom. The lowest BCUT2D eigenvalue weighted by molar-refractivity contribution is -0.172. The summed E-state index contributed by atoms with van der Waals surface area (Å²) in [5.74, 6) is -1.13. The summed E-state index contributed by atoms with van der Waals surface area (Å²) in [6, 6.07) is 0. The molecule has 0 aromatic carbocycles. The van der Waals surface area contributed by atoms with Crippen LogP contribution in [0.4, 0.5) is 0 Å². The van der Waals surface area contributed by atoms with Crippen LogP contribution in [0.15, 0.2) is 23.7 Å². The first-order valence-electron chi connectivity index (χ1n) is 6.23. The molecule has 0 aromatic heterocycles. The number of esters is 2. The van der Waals surface area contributed by atoms with Crippen LogP contribution in [-0.4, -0.2) is 25.2 Å². The highest BCUT2D eigenvalue weighted by Gasteiger charge is 2.47. The summed E-state index contributed by atoms with van der Waals surface area (Å²) >= 11 is 3.23. The van der Waals surface area contributed by atoms with Gasteiger partial charge >= 0.3 is 11.9 Å². The Morgan fingerprint density at radius 3 is 2.00 bits per heavy atom. The third-order valence-corrected chi connectivity index (χ3v) is 3.04. The van der Waals surface area contributed by atoms with Crippen LogP contribution in [-0.2, 0) is 19.1 Å². The molecule has 0 atom stereocenters. The molecule has 0 radical (unpaired) electrons. The van der Waals surface area contributed by atoms with Crippen LogP contribution in [0.2, 0.25) is 0 Å². The number of halogens is 1. The normalized spacial score (nSPS) is 10.7. The Bertz CT molecular complexity index is 331. The molecule has 4 nitrogen and oxygen atoms in total. The molecule has 0 aromatic rings. The van der Waals surface area contributed by atoms with Gasteiger partial charge in [0, 0.05) is 0 Å². The maximum absolute atomic E-state index is 12.2. The summed E-state index contributed by atoms with van der Waals surface area (Å²) in [6.45, 7) is 11.2.